The Morgan fingerprint density at radius 3 is 2.13 bits per heavy atom. The van der Waals surface area contributed by atoms with Gasteiger partial charge in [-0.05, 0) is 60.4 Å². The van der Waals surface area contributed by atoms with Crippen molar-refractivity contribution in [2.24, 2.45) is 0 Å². The van der Waals surface area contributed by atoms with E-state index in [2.05, 4.69) is 24.3 Å². The lowest BCUT2D eigenvalue weighted by atomic mass is 9.79. The lowest BCUT2D eigenvalue weighted by Crippen LogP contribution is -2.53. The number of carbonyl (C=O) groups excluding carboxylic acids is 2. The maximum absolute atomic E-state index is 12.9. The van der Waals surface area contributed by atoms with Crippen molar-refractivity contribution in [2.75, 3.05) is 26.2 Å². The molecule has 0 spiro atoms. The monoisotopic (exact) mass is 404 g/mol. The molecule has 0 unspecified atom stereocenters. The fourth-order valence-corrected chi connectivity index (χ4v) is 4.44. The summed E-state index contributed by atoms with van der Waals surface area (Å²) in [7, 11) is 0. The number of aliphatic hydroxyl groups is 1. The zero-order valence-corrected chi connectivity index (χ0v) is 17.2. The van der Waals surface area contributed by atoms with Crippen molar-refractivity contribution in [1.82, 2.24) is 9.80 Å². The minimum Gasteiger partial charge on any atom is -0.380 e. The summed E-state index contributed by atoms with van der Waals surface area (Å²) in [6, 6.07) is 16.6. The van der Waals surface area contributed by atoms with Crippen molar-refractivity contribution in [3.8, 4) is 11.1 Å². The van der Waals surface area contributed by atoms with Crippen molar-refractivity contribution in [3.05, 3.63) is 59.7 Å². The molecule has 1 heterocycles. The molecule has 0 aromatic heterocycles. The summed E-state index contributed by atoms with van der Waals surface area (Å²) < 4.78 is 0. The van der Waals surface area contributed by atoms with Crippen molar-refractivity contribution >= 4 is 11.8 Å². The number of nitrogens with zero attached hydrogens (tertiary/aromatic N) is 2. The Bertz CT molecular complexity index is 953. The molecular formula is C25H28N2O3. The van der Waals surface area contributed by atoms with Crippen LogP contribution in [0.25, 0.3) is 11.1 Å². The third-order valence-electron chi connectivity index (χ3n) is 6.90. The lowest BCUT2D eigenvalue weighted by molar-refractivity contribution is -0.143. The first-order valence-corrected chi connectivity index (χ1v) is 11.0. The Morgan fingerprint density at radius 2 is 1.53 bits per heavy atom. The van der Waals surface area contributed by atoms with Gasteiger partial charge >= 0.3 is 0 Å². The van der Waals surface area contributed by atoms with Crippen molar-refractivity contribution in [3.63, 3.8) is 0 Å². The zero-order chi connectivity index (χ0) is 20.7. The maximum atomic E-state index is 12.9. The highest BCUT2D eigenvalue weighted by Gasteiger charge is 2.50. The zero-order valence-electron chi connectivity index (χ0n) is 17.2. The average molecular weight is 405 g/mol. The molecule has 5 rings (SSSR count). The second kappa shape index (κ2) is 7.55. The molecule has 0 radical (unpaired) electrons. The van der Waals surface area contributed by atoms with Gasteiger partial charge < -0.3 is 14.9 Å². The van der Waals surface area contributed by atoms with E-state index in [0.717, 1.165) is 5.56 Å². The highest BCUT2D eigenvalue weighted by molar-refractivity contribution is 5.95. The van der Waals surface area contributed by atoms with E-state index < -0.39 is 5.60 Å². The van der Waals surface area contributed by atoms with Crippen LogP contribution < -0.4 is 0 Å². The Hall–Kier alpha value is -2.66. The average Bonchev–Trinajstić information content (AvgIpc) is 3.50. The molecule has 2 saturated carbocycles. The lowest BCUT2D eigenvalue weighted by Gasteiger charge is -2.35. The first-order valence-electron chi connectivity index (χ1n) is 11.0. The standard InChI is InChI=1S/C25H28N2O3/c28-23(26-13-15-27(16-14-26)24(29)25(30)11-12-25)20-9-7-19(8-10-20)22-6-2-5-21(17-22)18-3-1-4-18/h2,5-10,17-18,30H,1,3-4,11-16H2. The van der Waals surface area contributed by atoms with Crippen molar-refractivity contribution in [2.45, 2.75) is 43.6 Å². The van der Waals surface area contributed by atoms with Gasteiger partial charge in [0.05, 0.1) is 0 Å². The van der Waals surface area contributed by atoms with E-state index in [-0.39, 0.29) is 11.8 Å². The van der Waals surface area contributed by atoms with Crippen LogP contribution in [0, 0.1) is 0 Å². The van der Waals surface area contributed by atoms with Gasteiger partial charge in [-0.25, -0.2) is 0 Å². The Morgan fingerprint density at radius 1 is 0.867 bits per heavy atom. The number of rotatable bonds is 4. The highest BCUT2D eigenvalue weighted by Crippen LogP contribution is 2.38. The van der Waals surface area contributed by atoms with E-state index in [0.29, 0.717) is 50.5 Å². The topological polar surface area (TPSA) is 60.9 Å². The smallest absolute Gasteiger partial charge is 0.254 e. The molecule has 2 aromatic carbocycles. The third-order valence-corrected chi connectivity index (χ3v) is 6.90. The molecule has 2 aromatic rings. The van der Waals surface area contributed by atoms with Crippen LogP contribution in [-0.2, 0) is 4.79 Å². The molecule has 0 bridgehead atoms. The molecule has 1 aliphatic heterocycles. The summed E-state index contributed by atoms with van der Waals surface area (Å²) in [5.74, 6) is 0.530. The maximum Gasteiger partial charge on any atom is 0.254 e. The van der Waals surface area contributed by atoms with Crippen LogP contribution in [0.4, 0.5) is 0 Å². The van der Waals surface area contributed by atoms with E-state index >= 15 is 0 Å². The van der Waals surface area contributed by atoms with Crippen LogP contribution in [0.1, 0.15) is 53.9 Å². The van der Waals surface area contributed by atoms with Crippen LogP contribution in [0.5, 0.6) is 0 Å². The number of hydrogen-bond donors (Lipinski definition) is 1. The van der Waals surface area contributed by atoms with Crippen molar-refractivity contribution < 1.29 is 14.7 Å². The summed E-state index contributed by atoms with van der Waals surface area (Å²) in [4.78, 5) is 28.6. The van der Waals surface area contributed by atoms with Gasteiger partial charge in [0.25, 0.3) is 11.8 Å². The van der Waals surface area contributed by atoms with Gasteiger partial charge in [-0.15, -0.1) is 0 Å². The molecule has 2 aliphatic carbocycles. The summed E-state index contributed by atoms with van der Waals surface area (Å²) in [6.45, 7) is 1.98. The second-order valence-electron chi connectivity index (χ2n) is 8.95. The SMILES string of the molecule is O=C(c1ccc(-c2cccc(C3CCC3)c2)cc1)N1CCN(C(=O)C2(O)CC2)CC1. The van der Waals surface area contributed by atoms with E-state index in [1.165, 1.54) is 30.4 Å². The van der Waals surface area contributed by atoms with E-state index in [1.54, 1.807) is 9.80 Å². The van der Waals surface area contributed by atoms with Crippen molar-refractivity contribution in [1.29, 1.82) is 0 Å². The van der Waals surface area contributed by atoms with Crippen LogP contribution in [0.3, 0.4) is 0 Å². The normalized spacial score (nSPS) is 20.6. The minimum atomic E-state index is -1.13. The number of hydrogen-bond acceptors (Lipinski definition) is 3. The molecular weight excluding hydrogens is 376 g/mol. The van der Waals surface area contributed by atoms with Crippen LogP contribution >= 0.6 is 0 Å². The van der Waals surface area contributed by atoms with Gasteiger partial charge in [0.15, 0.2) is 0 Å². The molecule has 1 saturated heterocycles. The summed E-state index contributed by atoms with van der Waals surface area (Å²) in [5, 5.41) is 10.0. The predicted molar refractivity (Wildman–Crippen MR) is 115 cm³/mol. The summed E-state index contributed by atoms with van der Waals surface area (Å²) >= 11 is 0. The summed E-state index contributed by atoms with van der Waals surface area (Å²) in [6.07, 6.45) is 5.01. The first kappa shape index (κ1) is 19.3. The molecule has 5 heteroatoms. The molecule has 3 aliphatic rings. The Labute approximate surface area is 177 Å². The Kier molecular flexibility index (Phi) is 4.86. The molecule has 1 N–H and O–H groups in total. The molecule has 5 nitrogen and oxygen atoms in total. The van der Waals surface area contributed by atoms with Gasteiger partial charge in [0.2, 0.25) is 0 Å². The second-order valence-corrected chi connectivity index (χ2v) is 8.95. The highest BCUT2D eigenvalue weighted by atomic mass is 16.3. The predicted octanol–water partition coefficient (Wildman–Crippen LogP) is 3.43. The van der Waals surface area contributed by atoms with E-state index in [1.807, 2.05) is 24.3 Å². The number of amides is 2. The number of carbonyl (C=O) groups is 2. The van der Waals surface area contributed by atoms with Gasteiger partial charge in [-0.2, -0.15) is 0 Å². The molecule has 156 valence electrons. The largest absolute Gasteiger partial charge is 0.380 e. The molecule has 3 fully saturated rings. The Balaban J connectivity index is 1.22. The third kappa shape index (κ3) is 3.63. The van der Waals surface area contributed by atoms with E-state index in [9.17, 15) is 14.7 Å². The van der Waals surface area contributed by atoms with Gasteiger partial charge in [0.1, 0.15) is 5.60 Å². The van der Waals surface area contributed by atoms with E-state index in [4.69, 9.17) is 0 Å². The quantitative estimate of drug-likeness (QED) is 0.849. The molecule has 2 amide bonds. The minimum absolute atomic E-state index is 0.00185. The van der Waals surface area contributed by atoms with Crippen LogP contribution in [0.2, 0.25) is 0 Å². The summed E-state index contributed by atoms with van der Waals surface area (Å²) in [5.41, 5.74) is 3.29. The van der Waals surface area contributed by atoms with Gasteiger partial charge in [-0.3, -0.25) is 9.59 Å². The van der Waals surface area contributed by atoms with Crippen LogP contribution in [0.15, 0.2) is 48.5 Å². The van der Waals surface area contributed by atoms with Crippen LogP contribution in [-0.4, -0.2) is 58.5 Å². The molecule has 30 heavy (non-hydrogen) atoms. The fourth-order valence-electron chi connectivity index (χ4n) is 4.44. The van der Waals surface area contributed by atoms with Gasteiger partial charge in [-0.1, -0.05) is 42.8 Å². The molecule has 0 atom stereocenters. The first-order chi connectivity index (χ1) is 14.5. The number of benzene rings is 2. The number of piperazine rings is 1. The fraction of sp³-hybridized carbons (Fsp3) is 0.440. The van der Waals surface area contributed by atoms with Gasteiger partial charge in [0, 0.05) is 31.7 Å².